The molecule has 0 aromatic carbocycles. The molecule has 4 fully saturated rings. The van der Waals surface area contributed by atoms with Gasteiger partial charge in [0.25, 0.3) is 10.1 Å². The van der Waals surface area contributed by atoms with Crippen LogP contribution < -0.4 is 5.73 Å². The molecule has 4 nitrogen and oxygen atoms in total. The van der Waals surface area contributed by atoms with Crippen LogP contribution in [0.3, 0.4) is 0 Å². The summed E-state index contributed by atoms with van der Waals surface area (Å²) in [4.78, 5) is 0. The molecule has 0 aromatic rings. The van der Waals surface area contributed by atoms with Gasteiger partial charge in [-0.3, -0.25) is 4.55 Å². The summed E-state index contributed by atoms with van der Waals surface area (Å²) in [5.41, 5.74) is 7.92. The third-order valence-electron chi connectivity index (χ3n) is 4.67. The summed E-state index contributed by atoms with van der Waals surface area (Å²) in [6.45, 7) is 4.94. The first kappa shape index (κ1) is 14.3. The lowest BCUT2D eigenvalue weighted by molar-refractivity contribution is -0.104. The van der Waals surface area contributed by atoms with Crippen LogP contribution in [0.4, 0.5) is 0 Å². The molecule has 0 aromatic heterocycles. The zero-order valence-corrected chi connectivity index (χ0v) is 12.4. The molecule has 0 amide bonds. The normalized spacial score (nSPS) is 49.7. The summed E-state index contributed by atoms with van der Waals surface area (Å²) >= 11 is 0. The van der Waals surface area contributed by atoms with E-state index in [1.807, 2.05) is 0 Å². The molecule has 4 rings (SSSR count). The number of rotatable bonds is 0. The highest BCUT2D eigenvalue weighted by Crippen LogP contribution is 2.65. The van der Waals surface area contributed by atoms with E-state index < -0.39 is 10.1 Å². The van der Waals surface area contributed by atoms with Crippen LogP contribution in [0.25, 0.3) is 0 Å². The lowest BCUT2D eigenvalue weighted by Crippen LogP contribution is -2.62. The zero-order valence-electron chi connectivity index (χ0n) is 11.6. The molecule has 0 spiro atoms. The van der Waals surface area contributed by atoms with E-state index in [0.29, 0.717) is 17.1 Å². The fourth-order valence-electron chi connectivity index (χ4n) is 5.54. The molecule has 4 saturated carbocycles. The molecule has 0 aliphatic heterocycles. The van der Waals surface area contributed by atoms with Gasteiger partial charge < -0.3 is 5.73 Å². The van der Waals surface area contributed by atoms with Gasteiger partial charge in [-0.2, -0.15) is 8.42 Å². The highest BCUT2D eigenvalue weighted by molar-refractivity contribution is 7.85. The summed E-state index contributed by atoms with van der Waals surface area (Å²) in [5, 5.41) is 0. The van der Waals surface area contributed by atoms with Crippen LogP contribution in [0, 0.1) is 16.7 Å². The van der Waals surface area contributed by atoms with Gasteiger partial charge in [0.2, 0.25) is 0 Å². The average molecular weight is 275 g/mol. The van der Waals surface area contributed by atoms with Crippen LogP contribution in [0.5, 0.6) is 0 Å². The third-order valence-corrected chi connectivity index (χ3v) is 4.67. The van der Waals surface area contributed by atoms with E-state index >= 15 is 0 Å². The molecule has 18 heavy (non-hydrogen) atoms. The smallest absolute Gasteiger partial charge is 0.261 e. The summed E-state index contributed by atoms with van der Waals surface area (Å²) in [6.07, 6.45) is 8.99. The lowest BCUT2D eigenvalue weighted by Gasteiger charge is -2.64. The Kier molecular flexibility index (Phi) is 3.12. The van der Waals surface area contributed by atoms with Crippen molar-refractivity contribution < 1.29 is 13.0 Å². The maximum absolute atomic E-state index is 9.19. The zero-order chi connectivity index (χ0) is 13.8. The second kappa shape index (κ2) is 3.93. The molecule has 4 aliphatic carbocycles. The minimum atomic E-state index is -3.67. The summed E-state index contributed by atoms with van der Waals surface area (Å²) < 4.78 is 25.9. The quantitative estimate of drug-likeness (QED) is 0.664. The predicted octanol–water partition coefficient (Wildman–Crippen LogP) is 2.20. The van der Waals surface area contributed by atoms with Gasteiger partial charge in [-0.15, -0.1) is 0 Å². The number of hydrogen-bond donors (Lipinski definition) is 2. The van der Waals surface area contributed by atoms with E-state index in [0.717, 1.165) is 5.92 Å². The van der Waals surface area contributed by atoms with Crippen molar-refractivity contribution in [1.29, 1.82) is 0 Å². The fourth-order valence-corrected chi connectivity index (χ4v) is 5.54. The highest BCUT2D eigenvalue weighted by atomic mass is 32.2. The number of hydrogen-bond acceptors (Lipinski definition) is 3. The van der Waals surface area contributed by atoms with Crippen LogP contribution in [-0.4, -0.2) is 24.8 Å². The van der Waals surface area contributed by atoms with Gasteiger partial charge in [0.1, 0.15) is 0 Å². The third kappa shape index (κ3) is 3.25. The standard InChI is InChI=1S/C12H21N.CH4O3S/c1-10-3-9-4-11(2,6-10)8-12(13,5-9)7-10;1-5(2,3)4/h9H,3-8,13H2,1-2H3;1H3,(H,2,3,4). The van der Waals surface area contributed by atoms with E-state index in [4.69, 9.17) is 10.3 Å². The van der Waals surface area contributed by atoms with Crippen molar-refractivity contribution in [3.8, 4) is 0 Å². The van der Waals surface area contributed by atoms with Crippen molar-refractivity contribution in [2.24, 2.45) is 22.5 Å². The molecule has 0 heterocycles. The first-order chi connectivity index (χ1) is 7.91. The Hall–Kier alpha value is -0.130. The van der Waals surface area contributed by atoms with Crippen molar-refractivity contribution >= 4 is 10.1 Å². The lowest BCUT2D eigenvalue weighted by atomic mass is 9.43. The Morgan fingerprint density at radius 1 is 1.06 bits per heavy atom. The topological polar surface area (TPSA) is 80.4 Å². The molecular weight excluding hydrogens is 250 g/mol. The molecular formula is C13H25NO3S. The maximum atomic E-state index is 9.19. The monoisotopic (exact) mass is 275 g/mol. The molecule has 3 N–H and O–H groups in total. The Bertz CT molecular complexity index is 386. The van der Waals surface area contributed by atoms with Crippen LogP contribution >= 0.6 is 0 Å². The van der Waals surface area contributed by atoms with E-state index in [1.165, 1.54) is 38.5 Å². The van der Waals surface area contributed by atoms with Crippen molar-refractivity contribution in [3.05, 3.63) is 0 Å². The Labute approximate surface area is 110 Å². The first-order valence-corrected chi connectivity index (χ1v) is 8.47. The Morgan fingerprint density at radius 3 is 1.72 bits per heavy atom. The summed E-state index contributed by atoms with van der Waals surface area (Å²) in [5.74, 6) is 0.955. The Balaban J connectivity index is 0.000000209. The summed E-state index contributed by atoms with van der Waals surface area (Å²) in [7, 11) is -3.67. The highest BCUT2D eigenvalue weighted by Gasteiger charge is 2.58. The van der Waals surface area contributed by atoms with E-state index in [2.05, 4.69) is 13.8 Å². The largest absolute Gasteiger partial charge is 0.325 e. The minimum absolute atomic E-state index is 0.225. The van der Waals surface area contributed by atoms with Gasteiger partial charge in [0.15, 0.2) is 0 Å². The SMILES string of the molecule is CC12CC3CC(C)(C1)CC(N)(C3)C2.CS(=O)(=O)O. The van der Waals surface area contributed by atoms with Gasteiger partial charge in [0, 0.05) is 5.54 Å². The van der Waals surface area contributed by atoms with Crippen molar-refractivity contribution in [2.75, 3.05) is 6.26 Å². The molecule has 4 aliphatic rings. The second-order valence-corrected chi connectivity index (χ2v) is 9.19. The molecule has 5 heteroatoms. The fraction of sp³-hybridized carbons (Fsp3) is 1.00. The van der Waals surface area contributed by atoms with Crippen molar-refractivity contribution in [2.45, 2.75) is 57.9 Å². The van der Waals surface area contributed by atoms with Gasteiger partial charge in [-0.25, -0.2) is 0 Å². The van der Waals surface area contributed by atoms with E-state index in [-0.39, 0.29) is 5.54 Å². The van der Waals surface area contributed by atoms with Gasteiger partial charge in [-0.05, 0) is 55.3 Å². The minimum Gasteiger partial charge on any atom is -0.325 e. The molecule has 106 valence electrons. The molecule has 4 bridgehead atoms. The van der Waals surface area contributed by atoms with Crippen molar-refractivity contribution in [3.63, 3.8) is 0 Å². The van der Waals surface area contributed by atoms with Crippen LogP contribution in [0.15, 0.2) is 0 Å². The van der Waals surface area contributed by atoms with E-state index in [9.17, 15) is 8.42 Å². The first-order valence-electron chi connectivity index (χ1n) is 6.62. The van der Waals surface area contributed by atoms with Gasteiger partial charge in [0.05, 0.1) is 6.26 Å². The second-order valence-electron chi connectivity index (χ2n) is 7.73. The van der Waals surface area contributed by atoms with Gasteiger partial charge >= 0.3 is 0 Å². The predicted molar refractivity (Wildman–Crippen MR) is 71.8 cm³/mol. The maximum Gasteiger partial charge on any atom is 0.261 e. The number of nitrogens with two attached hydrogens (primary N) is 1. The van der Waals surface area contributed by atoms with Crippen LogP contribution in [-0.2, 0) is 10.1 Å². The van der Waals surface area contributed by atoms with E-state index in [1.54, 1.807) is 0 Å². The van der Waals surface area contributed by atoms with Crippen LogP contribution in [0.2, 0.25) is 0 Å². The van der Waals surface area contributed by atoms with Crippen LogP contribution in [0.1, 0.15) is 52.4 Å². The van der Waals surface area contributed by atoms with Crippen molar-refractivity contribution in [1.82, 2.24) is 0 Å². The molecule has 0 saturated heterocycles. The summed E-state index contributed by atoms with van der Waals surface area (Å²) in [6, 6.07) is 0. The average Bonchev–Trinajstić information content (AvgIpc) is 1.87. The molecule has 2 atom stereocenters. The molecule has 0 radical (unpaired) electrons. The molecule has 2 unspecified atom stereocenters. The van der Waals surface area contributed by atoms with Gasteiger partial charge in [-0.1, -0.05) is 13.8 Å². The Morgan fingerprint density at radius 2 is 1.44 bits per heavy atom.